The molecule has 0 radical (unpaired) electrons. The van der Waals surface area contributed by atoms with Crippen molar-refractivity contribution in [3.63, 3.8) is 0 Å². The van der Waals surface area contributed by atoms with Crippen LogP contribution in [0.15, 0.2) is 12.4 Å². The molecule has 90 valence electrons. The van der Waals surface area contributed by atoms with Crippen LogP contribution in [0.25, 0.3) is 0 Å². The summed E-state index contributed by atoms with van der Waals surface area (Å²) in [6.45, 7) is -1.85. The Morgan fingerprint density at radius 1 is 1.12 bits per heavy atom. The molecule has 1 aromatic heterocycles. The van der Waals surface area contributed by atoms with Crippen molar-refractivity contribution >= 4 is 11.6 Å². The first-order valence-electron chi connectivity index (χ1n) is 3.77. The maximum atomic E-state index is 12.4. The van der Waals surface area contributed by atoms with E-state index in [2.05, 4.69) is 14.7 Å². The van der Waals surface area contributed by atoms with Crippen LogP contribution in [-0.2, 0) is 0 Å². The molecule has 0 aliphatic carbocycles. The largest absolute Gasteiger partial charge is 0.470 e. The highest BCUT2D eigenvalue weighted by atomic mass is 35.5. The minimum absolute atomic E-state index is 0.0325. The maximum Gasteiger partial charge on any atom is 0.456 e. The van der Waals surface area contributed by atoms with Crippen molar-refractivity contribution in [1.82, 2.24) is 9.97 Å². The van der Waals surface area contributed by atoms with E-state index in [1.165, 1.54) is 0 Å². The van der Waals surface area contributed by atoms with Gasteiger partial charge in [-0.15, -0.1) is 0 Å². The third kappa shape index (κ3) is 3.16. The molecule has 0 unspecified atom stereocenters. The second-order valence-electron chi connectivity index (χ2n) is 2.67. The molecular weight excluding hydrogens is 259 g/mol. The molecule has 0 atom stereocenters. The molecule has 0 N–H and O–H groups in total. The molecule has 0 saturated carbocycles. The highest BCUT2D eigenvalue weighted by Crippen LogP contribution is 2.35. The van der Waals surface area contributed by atoms with Crippen molar-refractivity contribution in [2.75, 3.05) is 6.61 Å². The number of aromatic nitrogens is 2. The predicted octanol–water partition coefficient (Wildman–Crippen LogP) is 2.71. The number of hydrogen-bond donors (Lipinski definition) is 0. The lowest BCUT2D eigenvalue weighted by molar-refractivity contribution is -0.290. The quantitative estimate of drug-likeness (QED) is 0.786. The second kappa shape index (κ2) is 4.36. The van der Waals surface area contributed by atoms with Gasteiger partial charge in [0.05, 0.1) is 12.4 Å². The summed E-state index contributed by atoms with van der Waals surface area (Å²) in [5.41, 5.74) is 0. The number of nitrogens with zero attached hydrogens (tertiary/aromatic N) is 2. The zero-order valence-corrected chi connectivity index (χ0v) is 8.19. The van der Waals surface area contributed by atoms with Crippen LogP contribution in [-0.4, -0.2) is 28.7 Å². The van der Waals surface area contributed by atoms with E-state index < -0.39 is 24.6 Å². The highest BCUT2D eigenvalue weighted by Gasteiger charge is 2.58. The number of alkyl halides is 5. The first-order valence-corrected chi connectivity index (χ1v) is 4.15. The van der Waals surface area contributed by atoms with Gasteiger partial charge in [-0.2, -0.15) is 22.0 Å². The number of halogens is 6. The lowest BCUT2D eigenvalue weighted by atomic mass is 10.3. The minimum atomic E-state index is -5.66. The van der Waals surface area contributed by atoms with Crippen LogP contribution in [0.2, 0.25) is 5.15 Å². The van der Waals surface area contributed by atoms with Gasteiger partial charge < -0.3 is 4.74 Å². The Morgan fingerprint density at radius 2 is 1.75 bits per heavy atom. The Kier molecular flexibility index (Phi) is 3.51. The van der Waals surface area contributed by atoms with Crippen LogP contribution in [0, 0.1) is 0 Å². The van der Waals surface area contributed by atoms with E-state index in [0.29, 0.717) is 0 Å². The molecular formula is C7H4ClF5N2O. The van der Waals surface area contributed by atoms with E-state index in [4.69, 9.17) is 11.6 Å². The standard InChI is InChI=1S/C7H4ClF5N2O/c8-4-1-15-5(2-14-4)16-3-6(9,10)7(11,12)13/h1-2H,3H2. The van der Waals surface area contributed by atoms with Crippen LogP contribution in [0.5, 0.6) is 5.88 Å². The molecule has 0 saturated heterocycles. The Bertz CT molecular complexity index is 353. The number of ether oxygens (including phenoxy) is 1. The smallest absolute Gasteiger partial charge is 0.456 e. The summed E-state index contributed by atoms with van der Waals surface area (Å²) in [7, 11) is 0. The summed E-state index contributed by atoms with van der Waals surface area (Å²) in [4.78, 5) is 6.74. The van der Waals surface area contributed by atoms with Crippen molar-refractivity contribution in [3.05, 3.63) is 17.5 Å². The van der Waals surface area contributed by atoms with Crippen LogP contribution in [0.1, 0.15) is 0 Å². The summed E-state index contributed by atoms with van der Waals surface area (Å²) >= 11 is 5.32. The van der Waals surface area contributed by atoms with Crippen molar-refractivity contribution in [1.29, 1.82) is 0 Å². The zero-order chi connectivity index (χ0) is 12.4. The SMILES string of the molecule is FC(F)(F)C(F)(F)COc1cnc(Cl)cn1. The molecule has 1 aromatic rings. The van der Waals surface area contributed by atoms with Gasteiger partial charge in [0, 0.05) is 0 Å². The van der Waals surface area contributed by atoms with Gasteiger partial charge in [-0.05, 0) is 0 Å². The molecule has 0 aliphatic heterocycles. The van der Waals surface area contributed by atoms with Gasteiger partial charge in [0.2, 0.25) is 5.88 Å². The van der Waals surface area contributed by atoms with Crippen LogP contribution in [0.3, 0.4) is 0 Å². The molecule has 0 bridgehead atoms. The van der Waals surface area contributed by atoms with E-state index in [0.717, 1.165) is 12.4 Å². The Hall–Kier alpha value is -1.18. The molecule has 3 nitrogen and oxygen atoms in total. The van der Waals surface area contributed by atoms with Gasteiger partial charge in [0.25, 0.3) is 0 Å². The monoisotopic (exact) mass is 262 g/mol. The molecule has 0 amide bonds. The molecule has 0 aliphatic rings. The van der Waals surface area contributed by atoms with Crippen molar-refractivity contribution < 1.29 is 26.7 Å². The minimum Gasteiger partial charge on any atom is -0.470 e. The topological polar surface area (TPSA) is 35.0 Å². The van der Waals surface area contributed by atoms with E-state index in [9.17, 15) is 22.0 Å². The molecule has 1 rings (SSSR count). The lowest BCUT2D eigenvalue weighted by Crippen LogP contribution is -2.41. The van der Waals surface area contributed by atoms with E-state index in [1.54, 1.807) is 0 Å². The molecule has 0 spiro atoms. The fraction of sp³-hybridized carbons (Fsp3) is 0.429. The molecule has 1 heterocycles. The Labute approximate surface area is 91.2 Å². The lowest BCUT2D eigenvalue weighted by Gasteiger charge is -2.19. The summed E-state index contributed by atoms with van der Waals surface area (Å²) in [6.07, 6.45) is -3.86. The molecule has 0 fully saturated rings. The average molecular weight is 263 g/mol. The molecule has 0 aromatic carbocycles. The number of rotatable bonds is 3. The predicted molar refractivity (Wildman–Crippen MR) is 43.5 cm³/mol. The van der Waals surface area contributed by atoms with Crippen molar-refractivity contribution in [3.8, 4) is 5.88 Å². The van der Waals surface area contributed by atoms with Gasteiger partial charge >= 0.3 is 12.1 Å². The second-order valence-corrected chi connectivity index (χ2v) is 3.06. The summed E-state index contributed by atoms with van der Waals surface area (Å²) in [6, 6.07) is 0. The normalized spacial score (nSPS) is 12.6. The van der Waals surface area contributed by atoms with Gasteiger partial charge in [-0.1, -0.05) is 11.6 Å². The fourth-order valence-corrected chi connectivity index (χ4v) is 0.719. The third-order valence-electron chi connectivity index (χ3n) is 1.41. The van der Waals surface area contributed by atoms with Crippen LogP contribution >= 0.6 is 11.6 Å². The Balaban J connectivity index is 2.61. The molecule has 9 heteroatoms. The van der Waals surface area contributed by atoms with Gasteiger partial charge in [0.1, 0.15) is 5.15 Å². The molecule has 16 heavy (non-hydrogen) atoms. The summed E-state index contributed by atoms with van der Waals surface area (Å²) < 4.78 is 64.0. The number of hydrogen-bond acceptors (Lipinski definition) is 3. The highest BCUT2D eigenvalue weighted by molar-refractivity contribution is 6.29. The first kappa shape index (κ1) is 12.9. The fourth-order valence-electron chi connectivity index (χ4n) is 0.621. The Morgan fingerprint density at radius 3 is 2.19 bits per heavy atom. The van der Waals surface area contributed by atoms with Crippen LogP contribution in [0.4, 0.5) is 22.0 Å². The van der Waals surface area contributed by atoms with Gasteiger partial charge in [-0.3, -0.25) is 0 Å². The van der Waals surface area contributed by atoms with E-state index in [-0.39, 0.29) is 5.15 Å². The zero-order valence-electron chi connectivity index (χ0n) is 7.43. The van der Waals surface area contributed by atoms with Gasteiger partial charge in [0.15, 0.2) is 6.61 Å². The maximum absolute atomic E-state index is 12.4. The first-order chi connectivity index (χ1) is 7.22. The van der Waals surface area contributed by atoms with Crippen LogP contribution < -0.4 is 4.74 Å². The summed E-state index contributed by atoms with van der Waals surface area (Å²) in [5.74, 6) is -5.40. The van der Waals surface area contributed by atoms with E-state index in [1.807, 2.05) is 0 Å². The third-order valence-corrected chi connectivity index (χ3v) is 1.61. The van der Waals surface area contributed by atoms with Crippen molar-refractivity contribution in [2.24, 2.45) is 0 Å². The van der Waals surface area contributed by atoms with E-state index >= 15 is 0 Å². The average Bonchev–Trinajstić information content (AvgIpc) is 2.15. The summed E-state index contributed by atoms with van der Waals surface area (Å²) in [5, 5.41) is -0.0325. The van der Waals surface area contributed by atoms with Gasteiger partial charge in [-0.25, -0.2) is 9.97 Å². The van der Waals surface area contributed by atoms with Crippen molar-refractivity contribution in [2.45, 2.75) is 12.1 Å².